The van der Waals surface area contributed by atoms with Crippen LogP contribution < -0.4 is 0 Å². The van der Waals surface area contributed by atoms with E-state index in [1.165, 1.54) is 24.3 Å². The molecule has 0 spiro atoms. The van der Waals surface area contributed by atoms with Gasteiger partial charge < -0.3 is 9.47 Å². The number of fused-ring (bicyclic) bond motifs is 2. The van der Waals surface area contributed by atoms with Gasteiger partial charge in [0.15, 0.2) is 5.41 Å². The van der Waals surface area contributed by atoms with Gasteiger partial charge in [0, 0.05) is 19.1 Å². The maximum atomic E-state index is 10.9. The van der Waals surface area contributed by atoms with Crippen molar-refractivity contribution >= 4 is 11.6 Å². The lowest BCUT2D eigenvalue weighted by atomic mass is 9.53. The van der Waals surface area contributed by atoms with Crippen molar-refractivity contribution in [2.75, 3.05) is 0 Å². The van der Waals surface area contributed by atoms with Crippen molar-refractivity contribution < 1.29 is 14.4 Å². The molecule has 4 atom stereocenters. The van der Waals surface area contributed by atoms with Gasteiger partial charge in [0.25, 0.3) is 5.69 Å². The normalized spacial score (nSPS) is 32.5. The number of nitrogens with one attached hydrogen (secondary N) is 1. The van der Waals surface area contributed by atoms with Crippen LogP contribution in [0.2, 0.25) is 0 Å². The Labute approximate surface area is 161 Å². The van der Waals surface area contributed by atoms with E-state index in [0.29, 0.717) is 18.4 Å². The highest BCUT2D eigenvalue weighted by molar-refractivity contribution is 5.89. The number of hydrogen-bond acceptors (Lipinski definition) is 8. The number of nitriles is 3. The topological polar surface area (TPSA) is 157 Å². The molecule has 2 saturated heterocycles. The van der Waals surface area contributed by atoms with Crippen molar-refractivity contribution in [1.29, 1.82) is 21.2 Å². The minimum Gasteiger partial charge on any atom is -0.448 e. The summed E-state index contributed by atoms with van der Waals surface area (Å²) < 4.78 is 11.7. The number of hydrogen-bond donors (Lipinski definition) is 1. The summed E-state index contributed by atoms with van der Waals surface area (Å²) in [6, 6.07) is 11.2. The Bertz CT molecular complexity index is 956. The summed E-state index contributed by atoms with van der Waals surface area (Å²) in [5.41, 5.74) is -3.69. The Kier molecular flexibility index (Phi) is 4.34. The van der Waals surface area contributed by atoms with Crippen molar-refractivity contribution in [3.63, 3.8) is 0 Å². The molecule has 1 aromatic rings. The number of ether oxygens (including phenoxy) is 2. The van der Waals surface area contributed by atoms with Crippen LogP contribution in [-0.2, 0) is 9.47 Å². The van der Waals surface area contributed by atoms with Gasteiger partial charge in [-0.25, -0.2) is 0 Å². The average Bonchev–Trinajstić information content (AvgIpc) is 2.85. The fourth-order valence-corrected chi connectivity index (χ4v) is 4.39. The molecule has 9 nitrogen and oxygen atoms in total. The van der Waals surface area contributed by atoms with E-state index in [2.05, 4.69) is 6.07 Å². The van der Waals surface area contributed by atoms with Crippen LogP contribution in [0.5, 0.6) is 0 Å². The van der Waals surface area contributed by atoms with Crippen LogP contribution in [0.3, 0.4) is 0 Å². The molecule has 2 fully saturated rings. The van der Waals surface area contributed by atoms with Gasteiger partial charge in [0.05, 0.1) is 29.0 Å². The third-order valence-electron chi connectivity index (χ3n) is 5.70. The van der Waals surface area contributed by atoms with E-state index >= 15 is 0 Å². The summed E-state index contributed by atoms with van der Waals surface area (Å²) in [7, 11) is 0. The molecule has 28 heavy (non-hydrogen) atoms. The number of nitro groups is 1. The zero-order valence-electron chi connectivity index (χ0n) is 15.3. The zero-order chi connectivity index (χ0) is 20.7. The van der Waals surface area contributed by atoms with Gasteiger partial charge in [-0.1, -0.05) is 13.3 Å². The fraction of sp³-hybridized carbons (Fsp3) is 0.474. The molecule has 9 heteroatoms. The molecule has 0 saturated carbocycles. The summed E-state index contributed by atoms with van der Waals surface area (Å²) in [6.45, 7) is 3.48. The van der Waals surface area contributed by atoms with Crippen LogP contribution >= 0.6 is 0 Å². The summed E-state index contributed by atoms with van der Waals surface area (Å²) >= 11 is 0. The Morgan fingerprint density at radius 2 is 1.82 bits per heavy atom. The van der Waals surface area contributed by atoms with Crippen LogP contribution in [0.4, 0.5) is 5.69 Å². The maximum absolute atomic E-state index is 10.9. The highest BCUT2D eigenvalue weighted by Crippen LogP contribution is 2.67. The second-order valence-electron chi connectivity index (χ2n) is 7.09. The Balaban J connectivity index is 2.26. The molecule has 1 aromatic carbocycles. The molecule has 0 radical (unpaired) electrons. The summed E-state index contributed by atoms with van der Waals surface area (Å²) in [5, 5.41) is 49.5. The molecule has 0 aliphatic carbocycles. The molecule has 2 aliphatic heterocycles. The maximum Gasteiger partial charge on any atom is 0.269 e. The lowest BCUT2D eigenvalue weighted by Crippen LogP contribution is -2.58. The number of nitrogens with zero attached hydrogens (tertiary/aromatic N) is 4. The minimum absolute atomic E-state index is 0.156. The zero-order valence-corrected chi connectivity index (χ0v) is 15.3. The van der Waals surface area contributed by atoms with Gasteiger partial charge >= 0.3 is 0 Å². The summed E-state index contributed by atoms with van der Waals surface area (Å²) in [5.74, 6) is -2.51. The van der Waals surface area contributed by atoms with Crippen LogP contribution in [0.1, 0.15) is 38.4 Å². The minimum atomic E-state index is -2.05. The predicted molar refractivity (Wildman–Crippen MR) is 94.2 cm³/mol. The summed E-state index contributed by atoms with van der Waals surface area (Å²) in [6.07, 6.45) is -0.160. The molecule has 2 heterocycles. The predicted octanol–water partition coefficient (Wildman–Crippen LogP) is 3.35. The number of benzene rings is 1. The van der Waals surface area contributed by atoms with Gasteiger partial charge in [-0.05, 0) is 24.1 Å². The van der Waals surface area contributed by atoms with E-state index in [9.17, 15) is 25.9 Å². The lowest BCUT2D eigenvalue weighted by molar-refractivity contribution is -0.384. The number of non-ortho nitro benzene ring substituents is 1. The van der Waals surface area contributed by atoms with Crippen molar-refractivity contribution in [1.82, 2.24) is 0 Å². The third-order valence-corrected chi connectivity index (χ3v) is 5.70. The van der Waals surface area contributed by atoms with E-state index < -0.39 is 39.5 Å². The first-order chi connectivity index (χ1) is 13.3. The Morgan fingerprint density at radius 1 is 1.21 bits per heavy atom. The van der Waals surface area contributed by atoms with E-state index in [1.807, 2.05) is 19.1 Å². The fourth-order valence-electron chi connectivity index (χ4n) is 4.39. The standard InChI is InChI=1S/C19H17N5O4/c1-3-4-14-17(2)27-15(12-5-7-13(8-6-12)24(25)26)18(9-20,10-21)19(14,11-22)16(23)28-17/h5-8,14-15,23H,3-4H2,1-2H3. The number of rotatable bonds is 4. The van der Waals surface area contributed by atoms with Crippen LogP contribution in [0.15, 0.2) is 24.3 Å². The molecule has 2 aliphatic rings. The van der Waals surface area contributed by atoms with E-state index in [0.717, 1.165) is 0 Å². The van der Waals surface area contributed by atoms with E-state index in [1.54, 1.807) is 6.92 Å². The summed E-state index contributed by atoms with van der Waals surface area (Å²) in [4.78, 5) is 10.4. The molecular weight excluding hydrogens is 362 g/mol. The molecular formula is C19H17N5O4. The first kappa shape index (κ1) is 19.3. The van der Waals surface area contributed by atoms with Gasteiger partial charge in [0.2, 0.25) is 17.1 Å². The van der Waals surface area contributed by atoms with Crippen LogP contribution in [0.25, 0.3) is 0 Å². The van der Waals surface area contributed by atoms with Crippen LogP contribution in [0, 0.1) is 66.3 Å². The van der Waals surface area contributed by atoms with Crippen molar-refractivity contribution in [3.8, 4) is 18.2 Å². The van der Waals surface area contributed by atoms with Crippen molar-refractivity contribution in [3.05, 3.63) is 39.9 Å². The van der Waals surface area contributed by atoms with Crippen molar-refractivity contribution in [2.24, 2.45) is 16.7 Å². The molecule has 0 aromatic heterocycles. The van der Waals surface area contributed by atoms with E-state index in [4.69, 9.17) is 14.9 Å². The molecule has 2 bridgehead atoms. The van der Waals surface area contributed by atoms with Gasteiger partial charge in [0.1, 0.15) is 6.10 Å². The molecule has 3 rings (SSSR count). The average molecular weight is 379 g/mol. The highest BCUT2D eigenvalue weighted by Gasteiger charge is 2.78. The first-order valence-electron chi connectivity index (χ1n) is 8.70. The van der Waals surface area contributed by atoms with Gasteiger partial charge in [-0.15, -0.1) is 0 Å². The monoisotopic (exact) mass is 379 g/mol. The molecule has 1 N–H and O–H groups in total. The smallest absolute Gasteiger partial charge is 0.269 e. The second kappa shape index (κ2) is 6.30. The third kappa shape index (κ3) is 2.16. The second-order valence-corrected chi connectivity index (χ2v) is 7.09. The molecule has 4 unspecified atom stereocenters. The number of nitro benzene ring substituents is 1. The SMILES string of the molecule is CCCC1C2(C)OC(=N)C1(C#N)C(C#N)(C#N)C(c1ccc([N+](=O)[O-])cc1)O2. The first-order valence-corrected chi connectivity index (χ1v) is 8.70. The Hall–Kier alpha value is -3.48. The van der Waals surface area contributed by atoms with E-state index in [-0.39, 0.29) is 5.69 Å². The molecule has 0 amide bonds. The van der Waals surface area contributed by atoms with Gasteiger partial charge in [-0.2, -0.15) is 15.8 Å². The highest BCUT2D eigenvalue weighted by atomic mass is 16.7. The lowest BCUT2D eigenvalue weighted by Gasteiger charge is -2.48. The van der Waals surface area contributed by atoms with Crippen molar-refractivity contribution in [2.45, 2.75) is 38.6 Å². The Morgan fingerprint density at radius 3 is 2.29 bits per heavy atom. The van der Waals surface area contributed by atoms with Crippen LogP contribution in [-0.4, -0.2) is 16.6 Å². The van der Waals surface area contributed by atoms with Gasteiger partial charge in [-0.3, -0.25) is 15.5 Å². The quantitative estimate of drug-likeness (QED) is 0.620. The largest absolute Gasteiger partial charge is 0.448 e. The molecule has 142 valence electrons.